The largest absolute Gasteiger partial charge is 0.489 e. The summed E-state index contributed by atoms with van der Waals surface area (Å²) in [5.41, 5.74) is 4.67. The number of carbonyl (C=O) groups excluding carboxylic acids is 1. The first-order chi connectivity index (χ1) is 19.6. The van der Waals surface area contributed by atoms with Crippen LogP contribution in [-0.2, 0) is 23.2 Å². The quantitative estimate of drug-likeness (QED) is 0.339. The first-order valence-corrected chi connectivity index (χ1v) is 14.9. The number of aromatic amines is 1. The van der Waals surface area contributed by atoms with E-state index in [0.717, 1.165) is 32.6 Å². The Balaban J connectivity index is 1.21. The van der Waals surface area contributed by atoms with E-state index in [9.17, 15) is 22.8 Å². The van der Waals surface area contributed by atoms with Crippen LogP contribution in [0.5, 0.6) is 5.75 Å². The van der Waals surface area contributed by atoms with E-state index < -0.39 is 21.5 Å². The third-order valence-corrected chi connectivity index (χ3v) is 8.29. The van der Waals surface area contributed by atoms with Gasteiger partial charge in [0.25, 0.3) is 5.91 Å². The van der Waals surface area contributed by atoms with Crippen molar-refractivity contribution in [2.75, 3.05) is 32.4 Å². The monoisotopic (exact) mass is 578 g/mol. The van der Waals surface area contributed by atoms with Crippen LogP contribution in [0.15, 0.2) is 80.8 Å². The zero-order valence-electron chi connectivity index (χ0n) is 22.7. The van der Waals surface area contributed by atoms with Crippen molar-refractivity contribution >= 4 is 15.9 Å². The van der Waals surface area contributed by atoms with Crippen molar-refractivity contribution in [2.24, 2.45) is 0 Å². The van der Waals surface area contributed by atoms with Crippen molar-refractivity contribution in [3.63, 3.8) is 0 Å². The summed E-state index contributed by atoms with van der Waals surface area (Å²) in [4.78, 5) is 39.6. The minimum absolute atomic E-state index is 0.106. The molecule has 214 valence electrons. The van der Waals surface area contributed by atoms with Crippen molar-refractivity contribution in [2.45, 2.75) is 20.1 Å². The predicted molar refractivity (Wildman–Crippen MR) is 152 cm³/mol. The van der Waals surface area contributed by atoms with Crippen LogP contribution in [0.1, 0.15) is 27.0 Å². The second kappa shape index (κ2) is 11.6. The third-order valence-electron chi connectivity index (χ3n) is 6.99. The number of amides is 1. The molecule has 0 radical (unpaired) electrons. The van der Waals surface area contributed by atoms with Crippen LogP contribution in [0.25, 0.3) is 11.1 Å². The molecule has 0 bridgehead atoms. The van der Waals surface area contributed by atoms with E-state index in [-0.39, 0.29) is 12.5 Å². The van der Waals surface area contributed by atoms with Gasteiger partial charge in [-0.2, -0.15) is 4.31 Å². The highest BCUT2D eigenvalue weighted by molar-refractivity contribution is 7.88. The Bertz CT molecular complexity index is 1780. The van der Waals surface area contributed by atoms with Gasteiger partial charge in [0.05, 0.1) is 12.8 Å². The molecule has 0 spiro atoms. The van der Waals surface area contributed by atoms with Crippen molar-refractivity contribution in [1.29, 1.82) is 0 Å². The van der Waals surface area contributed by atoms with Gasteiger partial charge in [-0.1, -0.05) is 36.4 Å². The number of hydrogen-bond acceptors (Lipinski definition) is 7. The Morgan fingerprint density at radius 1 is 0.951 bits per heavy atom. The molecule has 0 aliphatic carbocycles. The van der Waals surface area contributed by atoms with Crippen molar-refractivity contribution in [3.05, 3.63) is 110 Å². The van der Waals surface area contributed by atoms with Gasteiger partial charge in [-0.3, -0.25) is 4.79 Å². The highest BCUT2D eigenvalue weighted by atomic mass is 32.2. The van der Waals surface area contributed by atoms with Gasteiger partial charge in [-0.05, 0) is 65.1 Å². The SMILES string of the molecule is Cc1cc(C(=O)N2CCN(S(C)(=O)=O)CC2)ccc1-c1cccc(COc2ccc(Cn3oc(=O)[nH]c3=O)cc2)c1. The molecule has 0 atom stereocenters. The first-order valence-electron chi connectivity index (χ1n) is 13.0. The molecule has 0 saturated carbocycles. The maximum absolute atomic E-state index is 13.1. The van der Waals surface area contributed by atoms with E-state index in [4.69, 9.17) is 9.26 Å². The van der Waals surface area contributed by atoms with Crippen molar-refractivity contribution in [1.82, 2.24) is 18.9 Å². The summed E-state index contributed by atoms with van der Waals surface area (Å²) in [5.74, 6) is -0.247. The van der Waals surface area contributed by atoms with Crippen LogP contribution < -0.4 is 16.2 Å². The summed E-state index contributed by atoms with van der Waals surface area (Å²) in [5, 5.41) is 0. The Morgan fingerprint density at radius 2 is 1.68 bits per heavy atom. The lowest BCUT2D eigenvalue weighted by molar-refractivity contribution is 0.0698. The van der Waals surface area contributed by atoms with Crippen LogP contribution in [0, 0.1) is 6.92 Å². The summed E-state index contributed by atoms with van der Waals surface area (Å²) in [6.45, 7) is 3.76. The summed E-state index contributed by atoms with van der Waals surface area (Å²) in [6, 6.07) is 20.8. The molecule has 12 heteroatoms. The Hall–Kier alpha value is -4.42. The van der Waals surface area contributed by atoms with E-state index in [1.54, 1.807) is 29.2 Å². The Morgan fingerprint density at radius 3 is 2.32 bits per heavy atom. The van der Waals surface area contributed by atoms with E-state index in [2.05, 4.69) is 0 Å². The van der Waals surface area contributed by atoms with Crippen molar-refractivity contribution in [3.8, 4) is 16.9 Å². The molecule has 1 aliphatic heterocycles. The zero-order chi connectivity index (χ0) is 29.1. The van der Waals surface area contributed by atoms with Crippen LogP contribution in [0.2, 0.25) is 0 Å². The van der Waals surface area contributed by atoms with Gasteiger partial charge in [0.2, 0.25) is 10.0 Å². The zero-order valence-corrected chi connectivity index (χ0v) is 23.5. The van der Waals surface area contributed by atoms with Gasteiger partial charge in [-0.15, -0.1) is 4.74 Å². The fraction of sp³-hybridized carbons (Fsp3) is 0.276. The maximum Gasteiger partial charge on any atom is 0.440 e. The van der Waals surface area contributed by atoms with E-state index in [1.807, 2.05) is 54.4 Å². The highest BCUT2D eigenvalue weighted by Gasteiger charge is 2.26. The molecule has 11 nitrogen and oxygen atoms in total. The van der Waals surface area contributed by atoms with E-state index in [1.165, 1.54) is 10.6 Å². The minimum Gasteiger partial charge on any atom is -0.489 e. The van der Waals surface area contributed by atoms with Crippen LogP contribution >= 0.6 is 0 Å². The molecule has 5 rings (SSSR count). The Labute approximate surface area is 236 Å². The number of hydrogen-bond donors (Lipinski definition) is 1. The fourth-order valence-electron chi connectivity index (χ4n) is 4.80. The summed E-state index contributed by atoms with van der Waals surface area (Å²) in [6.07, 6.45) is 1.19. The summed E-state index contributed by atoms with van der Waals surface area (Å²) in [7, 11) is -3.26. The number of nitrogens with one attached hydrogen (secondary N) is 1. The lowest BCUT2D eigenvalue weighted by Gasteiger charge is -2.33. The molecule has 0 unspecified atom stereocenters. The topological polar surface area (TPSA) is 135 Å². The second-order valence-corrected chi connectivity index (χ2v) is 11.9. The molecular weight excluding hydrogens is 548 g/mol. The number of carbonyl (C=O) groups is 1. The molecule has 1 saturated heterocycles. The number of H-pyrrole nitrogens is 1. The number of sulfonamides is 1. The number of benzene rings is 3. The van der Waals surface area contributed by atoms with E-state index in [0.29, 0.717) is 44.1 Å². The molecule has 1 aliphatic rings. The maximum atomic E-state index is 13.1. The minimum atomic E-state index is -3.26. The molecular formula is C29H30N4O7S. The average molecular weight is 579 g/mol. The molecule has 1 fully saturated rings. The van der Waals surface area contributed by atoms with E-state index >= 15 is 0 Å². The number of aryl methyl sites for hydroxylation is 1. The number of ether oxygens (including phenoxy) is 1. The number of aromatic nitrogens is 2. The standard InChI is InChI=1S/C29H30N4O7S/c1-20-16-24(27(34)31-12-14-32(15-13-31)41(2,37)38)8-11-26(20)23-5-3-4-22(17-23)19-39-25-9-6-21(7-10-25)18-33-28(35)30-29(36)40-33/h3-11,16-17H,12-15,18-19H2,1-2H3,(H,30,35,36). The highest BCUT2D eigenvalue weighted by Crippen LogP contribution is 2.26. The van der Waals surface area contributed by atoms with Crippen LogP contribution in [0.3, 0.4) is 0 Å². The summed E-state index contributed by atoms with van der Waals surface area (Å²) >= 11 is 0. The summed E-state index contributed by atoms with van der Waals surface area (Å²) < 4.78 is 36.6. The number of nitrogens with zero attached hydrogens (tertiary/aromatic N) is 3. The Kier molecular flexibility index (Phi) is 7.95. The molecule has 1 N–H and O–H groups in total. The van der Waals surface area contributed by atoms with Gasteiger partial charge < -0.3 is 14.2 Å². The average Bonchev–Trinajstić information content (AvgIpc) is 3.27. The van der Waals surface area contributed by atoms with Gasteiger partial charge in [0.15, 0.2) is 0 Å². The molecule has 41 heavy (non-hydrogen) atoms. The van der Waals surface area contributed by atoms with Crippen LogP contribution in [-0.4, -0.2) is 65.7 Å². The number of rotatable bonds is 8. The molecule has 3 aromatic carbocycles. The molecule has 4 aromatic rings. The second-order valence-electron chi connectivity index (χ2n) is 9.96. The smallest absolute Gasteiger partial charge is 0.440 e. The van der Waals surface area contributed by atoms with Crippen molar-refractivity contribution < 1.29 is 22.5 Å². The lowest BCUT2D eigenvalue weighted by atomic mass is 9.97. The first kappa shape index (κ1) is 28.1. The van der Waals surface area contributed by atoms with Gasteiger partial charge in [0.1, 0.15) is 12.4 Å². The molecule has 1 amide bonds. The fourth-order valence-corrected chi connectivity index (χ4v) is 5.62. The van der Waals surface area contributed by atoms with Gasteiger partial charge >= 0.3 is 11.4 Å². The van der Waals surface area contributed by atoms with Gasteiger partial charge in [-0.25, -0.2) is 23.0 Å². The molecule has 1 aromatic heterocycles. The third kappa shape index (κ3) is 6.67. The lowest BCUT2D eigenvalue weighted by Crippen LogP contribution is -2.50. The predicted octanol–water partition coefficient (Wildman–Crippen LogP) is 2.45. The molecule has 2 heterocycles. The normalized spacial score (nSPS) is 14.2. The van der Waals surface area contributed by atoms with Gasteiger partial charge in [0, 0.05) is 31.7 Å². The number of piperazine rings is 1. The van der Waals surface area contributed by atoms with Crippen LogP contribution in [0.4, 0.5) is 0 Å².